The average Bonchev–Trinajstić information content (AvgIpc) is 2.83. The molecule has 0 saturated heterocycles. The van der Waals surface area contributed by atoms with Crippen molar-refractivity contribution in [3.63, 3.8) is 0 Å². The summed E-state index contributed by atoms with van der Waals surface area (Å²) in [5, 5.41) is 5.73. The Kier molecular flexibility index (Phi) is 5.01. The summed E-state index contributed by atoms with van der Waals surface area (Å²) in [6.45, 7) is 2.64. The Morgan fingerprint density at radius 2 is 2.22 bits per heavy atom. The van der Waals surface area contributed by atoms with Gasteiger partial charge in [-0.1, -0.05) is 12.8 Å². The maximum Gasteiger partial charge on any atom is 0.270 e. The molecule has 1 aliphatic carbocycles. The van der Waals surface area contributed by atoms with Crippen molar-refractivity contribution in [2.45, 2.75) is 32.6 Å². The Labute approximate surface area is 117 Å². The first-order chi connectivity index (χ1) is 8.70. The van der Waals surface area contributed by atoms with Crippen LogP contribution in [0.15, 0.2) is 5.38 Å². The molecule has 1 aliphatic rings. The minimum absolute atomic E-state index is 0.0572. The van der Waals surface area contributed by atoms with Gasteiger partial charge in [0, 0.05) is 17.8 Å². The molecule has 0 aliphatic heterocycles. The lowest BCUT2D eigenvalue weighted by atomic mass is 9.80. The van der Waals surface area contributed by atoms with Gasteiger partial charge in [-0.15, -0.1) is 22.9 Å². The number of hydrogen-bond donors (Lipinski definition) is 1. The summed E-state index contributed by atoms with van der Waals surface area (Å²) in [5.41, 5.74) is 0.538. The third-order valence-electron chi connectivity index (χ3n) is 3.64. The predicted octanol–water partition coefficient (Wildman–Crippen LogP) is 3.23. The molecule has 2 atom stereocenters. The molecule has 18 heavy (non-hydrogen) atoms. The number of amides is 1. The number of nitrogens with one attached hydrogen (secondary N) is 1. The highest BCUT2D eigenvalue weighted by Gasteiger charge is 2.24. The van der Waals surface area contributed by atoms with Crippen molar-refractivity contribution >= 4 is 28.8 Å². The number of thiazole rings is 1. The molecule has 1 fully saturated rings. The fourth-order valence-electron chi connectivity index (χ4n) is 2.54. The summed E-state index contributed by atoms with van der Waals surface area (Å²) in [6, 6.07) is 0. The molecule has 1 heterocycles. The second-order valence-electron chi connectivity index (χ2n) is 4.92. The lowest BCUT2D eigenvalue weighted by molar-refractivity contribution is 0.0932. The largest absolute Gasteiger partial charge is 0.350 e. The van der Waals surface area contributed by atoms with E-state index in [0.717, 1.165) is 11.6 Å². The number of aromatic nitrogens is 1. The van der Waals surface area contributed by atoms with E-state index in [2.05, 4.69) is 10.3 Å². The van der Waals surface area contributed by atoms with Crippen molar-refractivity contribution in [3.8, 4) is 0 Å². The van der Waals surface area contributed by atoms with Crippen LogP contribution in [0.3, 0.4) is 0 Å². The molecule has 100 valence electrons. The van der Waals surface area contributed by atoms with Crippen LogP contribution in [0.4, 0.5) is 0 Å². The molecule has 0 radical (unpaired) electrons. The predicted molar refractivity (Wildman–Crippen MR) is 75.4 cm³/mol. The van der Waals surface area contributed by atoms with Gasteiger partial charge in [0.05, 0.1) is 5.01 Å². The molecule has 2 unspecified atom stereocenters. The number of hydrogen-bond acceptors (Lipinski definition) is 3. The zero-order valence-electron chi connectivity index (χ0n) is 10.6. The van der Waals surface area contributed by atoms with Gasteiger partial charge in [0.15, 0.2) is 0 Å². The molecule has 0 bridgehead atoms. The Morgan fingerprint density at radius 3 is 2.83 bits per heavy atom. The zero-order valence-corrected chi connectivity index (χ0v) is 12.2. The maximum atomic E-state index is 11.9. The maximum absolute atomic E-state index is 11.9. The van der Waals surface area contributed by atoms with Gasteiger partial charge in [0.25, 0.3) is 5.91 Å². The van der Waals surface area contributed by atoms with E-state index in [1.165, 1.54) is 37.0 Å². The van der Waals surface area contributed by atoms with Gasteiger partial charge in [0.2, 0.25) is 0 Å². The minimum atomic E-state index is -0.0572. The van der Waals surface area contributed by atoms with Crippen LogP contribution in [0.1, 0.15) is 41.2 Å². The van der Waals surface area contributed by atoms with Crippen LogP contribution in [-0.2, 0) is 0 Å². The molecule has 2 rings (SSSR count). The summed E-state index contributed by atoms with van der Waals surface area (Å²) in [6.07, 6.45) is 4.89. The van der Waals surface area contributed by atoms with Crippen LogP contribution in [0.2, 0.25) is 0 Å². The number of halogens is 1. The molecule has 1 saturated carbocycles. The van der Waals surface area contributed by atoms with Crippen LogP contribution in [0.25, 0.3) is 0 Å². The standard InChI is InChI=1S/C13H19ClN2OS/c1-9-16-12(8-18-9)13(17)15-7-11-5-3-2-4-10(11)6-14/h8,10-11H,2-7H2,1H3,(H,15,17). The average molecular weight is 287 g/mol. The van der Waals surface area contributed by atoms with Gasteiger partial charge in [-0.05, 0) is 31.6 Å². The van der Waals surface area contributed by atoms with Crippen molar-refractivity contribution < 1.29 is 4.79 Å². The van der Waals surface area contributed by atoms with Gasteiger partial charge in [-0.25, -0.2) is 4.98 Å². The van der Waals surface area contributed by atoms with E-state index in [9.17, 15) is 4.79 Å². The highest BCUT2D eigenvalue weighted by atomic mass is 35.5. The van der Waals surface area contributed by atoms with Gasteiger partial charge in [-0.3, -0.25) is 4.79 Å². The summed E-state index contributed by atoms with van der Waals surface area (Å²) in [7, 11) is 0. The van der Waals surface area contributed by atoms with Gasteiger partial charge in [-0.2, -0.15) is 0 Å². The molecular formula is C13H19ClN2OS. The van der Waals surface area contributed by atoms with Crippen LogP contribution >= 0.6 is 22.9 Å². The van der Waals surface area contributed by atoms with Crippen LogP contribution in [0.5, 0.6) is 0 Å². The smallest absolute Gasteiger partial charge is 0.270 e. The highest BCUT2D eigenvalue weighted by Crippen LogP contribution is 2.30. The summed E-state index contributed by atoms with van der Waals surface area (Å²) in [5.74, 6) is 1.73. The SMILES string of the molecule is Cc1nc(C(=O)NCC2CCCCC2CCl)cs1. The Balaban J connectivity index is 1.85. The van der Waals surface area contributed by atoms with Gasteiger partial charge >= 0.3 is 0 Å². The van der Waals surface area contributed by atoms with E-state index < -0.39 is 0 Å². The Morgan fingerprint density at radius 1 is 1.50 bits per heavy atom. The first-order valence-electron chi connectivity index (χ1n) is 6.47. The molecule has 0 aromatic carbocycles. The number of carbonyl (C=O) groups excluding carboxylic acids is 1. The van der Waals surface area contributed by atoms with Crippen molar-refractivity contribution in [2.75, 3.05) is 12.4 Å². The van der Waals surface area contributed by atoms with E-state index in [-0.39, 0.29) is 5.91 Å². The lowest BCUT2D eigenvalue weighted by Crippen LogP contribution is -2.35. The molecule has 0 spiro atoms. The highest BCUT2D eigenvalue weighted by molar-refractivity contribution is 7.09. The normalized spacial score (nSPS) is 23.9. The number of alkyl halides is 1. The quantitative estimate of drug-likeness (QED) is 0.864. The lowest BCUT2D eigenvalue weighted by Gasteiger charge is -2.30. The number of rotatable bonds is 4. The molecule has 1 aromatic heterocycles. The van der Waals surface area contributed by atoms with Crippen molar-refractivity contribution in [1.82, 2.24) is 10.3 Å². The topological polar surface area (TPSA) is 42.0 Å². The summed E-state index contributed by atoms with van der Waals surface area (Å²) in [4.78, 5) is 16.1. The summed E-state index contributed by atoms with van der Waals surface area (Å²) >= 11 is 7.49. The van der Waals surface area contributed by atoms with Crippen LogP contribution in [-0.4, -0.2) is 23.3 Å². The van der Waals surface area contributed by atoms with E-state index >= 15 is 0 Å². The van der Waals surface area contributed by atoms with Crippen LogP contribution < -0.4 is 5.32 Å². The molecular weight excluding hydrogens is 268 g/mol. The monoisotopic (exact) mass is 286 g/mol. The molecule has 1 amide bonds. The number of aryl methyl sites for hydroxylation is 1. The van der Waals surface area contributed by atoms with Crippen molar-refractivity contribution in [2.24, 2.45) is 11.8 Å². The third kappa shape index (κ3) is 3.45. The molecule has 3 nitrogen and oxygen atoms in total. The second kappa shape index (κ2) is 6.53. The van der Waals surface area contributed by atoms with Crippen LogP contribution in [0, 0.1) is 18.8 Å². The summed E-state index contributed by atoms with van der Waals surface area (Å²) < 4.78 is 0. The fraction of sp³-hybridized carbons (Fsp3) is 0.692. The minimum Gasteiger partial charge on any atom is -0.350 e. The molecule has 1 aromatic rings. The first kappa shape index (κ1) is 13.8. The van der Waals surface area contributed by atoms with Gasteiger partial charge in [0.1, 0.15) is 5.69 Å². The molecule has 1 N–H and O–H groups in total. The van der Waals surface area contributed by atoms with E-state index in [1.54, 1.807) is 0 Å². The van der Waals surface area contributed by atoms with E-state index in [0.29, 0.717) is 23.4 Å². The third-order valence-corrected chi connectivity index (χ3v) is 4.81. The number of nitrogens with zero attached hydrogens (tertiary/aromatic N) is 1. The van der Waals surface area contributed by atoms with E-state index in [1.807, 2.05) is 12.3 Å². The van der Waals surface area contributed by atoms with Crippen molar-refractivity contribution in [1.29, 1.82) is 0 Å². The number of carbonyl (C=O) groups is 1. The Bertz CT molecular complexity index is 407. The fourth-order valence-corrected chi connectivity index (χ4v) is 3.54. The zero-order chi connectivity index (χ0) is 13.0. The van der Waals surface area contributed by atoms with Crippen molar-refractivity contribution in [3.05, 3.63) is 16.1 Å². The molecule has 5 heteroatoms. The Hall–Kier alpha value is -0.610. The van der Waals surface area contributed by atoms with E-state index in [4.69, 9.17) is 11.6 Å². The second-order valence-corrected chi connectivity index (χ2v) is 6.29. The van der Waals surface area contributed by atoms with Gasteiger partial charge < -0.3 is 5.32 Å². The first-order valence-corrected chi connectivity index (χ1v) is 7.88.